The number of nitrogens with zero attached hydrogens (tertiary/aromatic N) is 2. The van der Waals surface area contributed by atoms with Gasteiger partial charge in [-0.15, -0.1) is 0 Å². The van der Waals surface area contributed by atoms with Crippen molar-refractivity contribution in [3.63, 3.8) is 0 Å². The molecule has 6 heteroatoms. The average Bonchev–Trinajstić information content (AvgIpc) is 3.18. The normalized spacial score (nSPS) is 10.7. The first-order valence-corrected chi connectivity index (χ1v) is 10.4. The van der Waals surface area contributed by atoms with Crippen LogP contribution in [0.5, 0.6) is 0 Å². The second kappa shape index (κ2) is 8.99. The molecule has 0 unspecified atom stereocenters. The molecule has 144 valence electrons. The molecule has 4 nitrogen and oxygen atoms in total. The molecule has 0 aliphatic carbocycles. The minimum atomic E-state index is -0.0758. The van der Waals surface area contributed by atoms with E-state index in [-0.39, 0.29) is 11.7 Å². The van der Waals surface area contributed by atoms with Crippen LogP contribution in [0.3, 0.4) is 0 Å². The molecule has 1 N–H and O–H groups in total. The molecule has 0 aliphatic rings. The number of para-hydroxylation sites is 1. The highest BCUT2D eigenvalue weighted by atomic mass is 35.5. The Labute approximate surface area is 178 Å². The third kappa shape index (κ3) is 4.88. The Morgan fingerprint density at radius 1 is 0.931 bits per heavy atom. The van der Waals surface area contributed by atoms with Gasteiger partial charge in [0.2, 0.25) is 5.91 Å². The fraction of sp³-hybridized carbons (Fsp3) is 0.0435. The summed E-state index contributed by atoms with van der Waals surface area (Å²) in [5, 5.41) is 4.32. The molecule has 0 fully saturated rings. The lowest BCUT2D eigenvalue weighted by molar-refractivity contribution is -0.113. The first kappa shape index (κ1) is 19.3. The third-order valence-corrected chi connectivity index (χ3v) is 5.44. The number of thioether (sulfide) groups is 1. The van der Waals surface area contributed by atoms with Gasteiger partial charge in [-0.05, 0) is 36.4 Å². The molecule has 4 rings (SSSR count). The number of nitrogens with one attached hydrogen (secondary N) is 1. The van der Waals surface area contributed by atoms with Gasteiger partial charge in [0, 0.05) is 28.2 Å². The van der Waals surface area contributed by atoms with Crippen molar-refractivity contribution < 1.29 is 4.79 Å². The van der Waals surface area contributed by atoms with Crippen molar-refractivity contribution in [1.29, 1.82) is 0 Å². The van der Waals surface area contributed by atoms with Crippen LogP contribution in [0.15, 0.2) is 96.3 Å². The zero-order valence-electron chi connectivity index (χ0n) is 15.5. The topological polar surface area (TPSA) is 46.9 Å². The Kier molecular flexibility index (Phi) is 5.98. The standard InChI is InChI=1S/C23H18ClN3OS/c24-18-11-13-20(14-12-18)27-15-21(17-7-3-1-4-8-17)26-23(27)29-16-22(28)25-19-9-5-2-6-10-19/h1-15H,16H2,(H,25,28). The van der Waals surface area contributed by atoms with Gasteiger partial charge in [0.25, 0.3) is 0 Å². The SMILES string of the molecule is O=C(CSc1nc(-c2ccccc2)cn1-c1ccc(Cl)cc1)Nc1ccccc1. The molecular formula is C23H18ClN3OS. The molecule has 3 aromatic carbocycles. The predicted octanol–water partition coefficient (Wildman–Crippen LogP) is 5.92. The summed E-state index contributed by atoms with van der Waals surface area (Å²) in [6.07, 6.45) is 1.98. The van der Waals surface area contributed by atoms with E-state index < -0.39 is 0 Å². The minimum absolute atomic E-state index is 0.0758. The fourth-order valence-corrected chi connectivity index (χ4v) is 3.77. The lowest BCUT2D eigenvalue weighted by Crippen LogP contribution is -2.14. The second-order valence-electron chi connectivity index (χ2n) is 6.32. The molecule has 29 heavy (non-hydrogen) atoms. The summed E-state index contributed by atoms with van der Waals surface area (Å²) in [6.45, 7) is 0. The summed E-state index contributed by atoms with van der Waals surface area (Å²) in [4.78, 5) is 17.1. The van der Waals surface area contributed by atoms with Crippen LogP contribution in [-0.2, 0) is 4.79 Å². The van der Waals surface area contributed by atoms with Crippen LogP contribution in [0.1, 0.15) is 0 Å². The average molecular weight is 420 g/mol. The van der Waals surface area contributed by atoms with Gasteiger partial charge in [-0.3, -0.25) is 9.36 Å². The van der Waals surface area contributed by atoms with Crippen LogP contribution in [-0.4, -0.2) is 21.2 Å². The number of benzene rings is 3. The molecule has 0 spiro atoms. The number of anilines is 1. The zero-order chi connectivity index (χ0) is 20.1. The molecule has 0 radical (unpaired) electrons. The van der Waals surface area contributed by atoms with Gasteiger partial charge in [0.15, 0.2) is 5.16 Å². The van der Waals surface area contributed by atoms with Crippen LogP contribution in [0, 0.1) is 0 Å². The maximum absolute atomic E-state index is 12.4. The van der Waals surface area contributed by atoms with Crippen LogP contribution >= 0.6 is 23.4 Å². The summed E-state index contributed by atoms with van der Waals surface area (Å²) in [6, 6.07) is 27.0. The number of amides is 1. The number of hydrogen-bond acceptors (Lipinski definition) is 3. The van der Waals surface area contributed by atoms with Crippen molar-refractivity contribution in [3.05, 3.63) is 96.1 Å². The smallest absolute Gasteiger partial charge is 0.234 e. The molecule has 1 amide bonds. The molecule has 0 saturated heterocycles. The summed E-state index contributed by atoms with van der Waals surface area (Å²) in [7, 11) is 0. The second-order valence-corrected chi connectivity index (χ2v) is 7.70. The maximum Gasteiger partial charge on any atom is 0.234 e. The van der Waals surface area contributed by atoms with Gasteiger partial charge in [0.1, 0.15) is 0 Å². The molecule has 0 saturated carbocycles. The van der Waals surface area contributed by atoms with E-state index in [1.807, 2.05) is 95.7 Å². The van der Waals surface area contributed by atoms with E-state index in [9.17, 15) is 4.79 Å². The number of rotatable bonds is 6. The van der Waals surface area contributed by atoms with Gasteiger partial charge >= 0.3 is 0 Å². The first-order valence-electron chi connectivity index (χ1n) is 9.07. The molecule has 1 aromatic heterocycles. The van der Waals surface area contributed by atoms with E-state index in [4.69, 9.17) is 16.6 Å². The van der Waals surface area contributed by atoms with Gasteiger partial charge in [-0.1, -0.05) is 71.9 Å². The van der Waals surface area contributed by atoms with Crippen molar-refractivity contribution in [3.8, 4) is 16.9 Å². The number of imidazole rings is 1. The Morgan fingerprint density at radius 3 is 2.28 bits per heavy atom. The molecule has 1 heterocycles. The van der Waals surface area contributed by atoms with E-state index >= 15 is 0 Å². The van der Waals surface area contributed by atoms with Crippen LogP contribution < -0.4 is 5.32 Å². The third-order valence-electron chi connectivity index (χ3n) is 4.24. The van der Waals surface area contributed by atoms with E-state index in [0.29, 0.717) is 5.02 Å². The number of carbonyl (C=O) groups is 1. The first-order chi connectivity index (χ1) is 14.2. The lowest BCUT2D eigenvalue weighted by Gasteiger charge is -2.08. The minimum Gasteiger partial charge on any atom is -0.325 e. The Balaban J connectivity index is 1.58. The van der Waals surface area contributed by atoms with Gasteiger partial charge < -0.3 is 5.32 Å². The molecular weight excluding hydrogens is 402 g/mol. The van der Waals surface area contributed by atoms with Crippen molar-refractivity contribution in [2.45, 2.75) is 5.16 Å². The van der Waals surface area contributed by atoms with Gasteiger partial charge in [-0.25, -0.2) is 4.98 Å². The number of halogens is 1. The zero-order valence-corrected chi connectivity index (χ0v) is 17.0. The van der Waals surface area contributed by atoms with Crippen LogP contribution in [0.4, 0.5) is 5.69 Å². The number of hydrogen-bond donors (Lipinski definition) is 1. The monoisotopic (exact) mass is 419 g/mol. The highest BCUT2D eigenvalue weighted by molar-refractivity contribution is 7.99. The highest BCUT2D eigenvalue weighted by Crippen LogP contribution is 2.28. The Morgan fingerprint density at radius 2 is 1.59 bits per heavy atom. The van der Waals surface area contributed by atoms with E-state index in [1.54, 1.807) is 0 Å². The Hall–Kier alpha value is -3.02. The molecule has 0 atom stereocenters. The molecule has 4 aromatic rings. The van der Waals surface area contributed by atoms with E-state index in [1.165, 1.54) is 11.8 Å². The van der Waals surface area contributed by atoms with E-state index in [0.717, 1.165) is 27.8 Å². The maximum atomic E-state index is 12.4. The van der Waals surface area contributed by atoms with Crippen LogP contribution in [0.25, 0.3) is 16.9 Å². The fourth-order valence-electron chi connectivity index (χ4n) is 2.85. The molecule has 0 aliphatic heterocycles. The summed E-state index contributed by atoms with van der Waals surface area (Å²) < 4.78 is 1.99. The van der Waals surface area contributed by atoms with Gasteiger partial charge in [-0.2, -0.15) is 0 Å². The summed E-state index contributed by atoms with van der Waals surface area (Å²) in [5.74, 6) is 0.182. The largest absolute Gasteiger partial charge is 0.325 e. The Bertz CT molecular complexity index is 1100. The van der Waals surface area contributed by atoms with Crippen LogP contribution in [0.2, 0.25) is 5.02 Å². The number of carbonyl (C=O) groups excluding carboxylic acids is 1. The number of aromatic nitrogens is 2. The van der Waals surface area contributed by atoms with Crippen molar-refractivity contribution >= 4 is 35.0 Å². The van der Waals surface area contributed by atoms with Crippen molar-refractivity contribution in [2.75, 3.05) is 11.1 Å². The summed E-state index contributed by atoms with van der Waals surface area (Å²) >= 11 is 7.43. The van der Waals surface area contributed by atoms with Crippen molar-refractivity contribution in [1.82, 2.24) is 9.55 Å². The van der Waals surface area contributed by atoms with Gasteiger partial charge in [0.05, 0.1) is 11.4 Å². The lowest BCUT2D eigenvalue weighted by atomic mass is 10.2. The molecule has 0 bridgehead atoms. The predicted molar refractivity (Wildman–Crippen MR) is 120 cm³/mol. The highest BCUT2D eigenvalue weighted by Gasteiger charge is 2.14. The summed E-state index contributed by atoms with van der Waals surface area (Å²) in [5.41, 5.74) is 3.60. The van der Waals surface area contributed by atoms with E-state index in [2.05, 4.69) is 5.32 Å². The quantitative estimate of drug-likeness (QED) is 0.394. The van der Waals surface area contributed by atoms with Crippen molar-refractivity contribution in [2.24, 2.45) is 0 Å².